The molecule has 0 aliphatic carbocycles. The first kappa shape index (κ1) is 38.5. The number of carbonyl (C=O) groups excluding carboxylic acids is 2. The molecule has 0 bridgehead atoms. The summed E-state index contributed by atoms with van der Waals surface area (Å²) >= 11 is 0. The van der Waals surface area contributed by atoms with E-state index in [-0.39, 0.29) is 34.7 Å². The molecule has 0 aromatic carbocycles. The lowest BCUT2D eigenvalue weighted by Gasteiger charge is -2.30. The van der Waals surface area contributed by atoms with Gasteiger partial charge in [0.25, 0.3) is 0 Å². The summed E-state index contributed by atoms with van der Waals surface area (Å²) in [6, 6.07) is 0. The highest BCUT2D eigenvalue weighted by molar-refractivity contribution is 5.80. The van der Waals surface area contributed by atoms with Crippen LogP contribution in [0, 0.1) is 17.3 Å². The van der Waals surface area contributed by atoms with Crippen molar-refractivity contribution in [1.82, 2.24) is 5.32 Å². The number of hydrogen-bond acceptors (Lipinski definition) is 6. The third-order valence-corrected chi connectivity index (χ3v) is 5.15. The number of rotatable bonds is 17. The zero-order valence-corrected chi connectivity index (χ0v) is 25.4. The van der Waals surface area contributed by atoms with Crippen LogP contribution in [0.15, 0.2) is 0 Å². The van der Waals surface area contributed by atoms with E-state index in [1.165, 1.54) is 0 Å². The highest BCUT2D eigenvalue weighted by atomic mass is 16.5. The van der Waals surface area contributed by atoms with Gasteiger partial charge in [-0.2, -0.15) is 0 Å². The van der Waals surface area contributed by atoms with Crippen LogP contribution in [0.2, 0.25) is 0 Å². The minimum atomic E-state index is -0.506. The molecule has 3 N–H and O–H groups in total. The Labute approximate surface area is 217 Å². The number of nitrogens with two attached hydrogens (primary N) is 1. The molecule has 1 amide bonds. The maximum Gasteiger partial charge on any atom is 0.207 e. The standard InChI is InChI=1S/C14H27NO3.C12H27NO2.C2H6/c1-11(2)13(17)6-12(3)7-18-9-14(4,5)8-15-10-16;1-7-12(6,13)14-9-8-11(4,5)15-10(2)3;1-2/h10-12H,6-9H2,1-5H3,(H,15,16);10H,7-9,13H2,1-6H3;1-2H3. The van der Waals surface area contributed by atoms with Crippen LogP contribution in [0.3, 0.4) is 0 Å². The van der Waals surface area contributed by atoms with Gasteiger partial charge in [-0.3, -0.25) is 9.59 Å². The van der Waals surface area contributed by atoms with E-state index in [1.807, 2.05) is 76.2 Å². The highest BCUT2D eigenvalue weighted by Crippen LogP contribution is 2.19. The van der Waals surface area contributed by atoms with Gasteiger partial charge in [-0.15, -0.1) is 0 Å². The fourth-order valence-corrected chi connectivity index (χ4v) is 2.87. The maximum absolute atomic E-state index is 11.6. The van der Waals surface area contributed by atoms with Crippen molar-refractivity contribution in [3.8, 4) is 0 Å². The average Bonchev–Trinajstić information content (AvgIpc) is 2.72. The third kappa shape index (κ3) is 25.9. The van der Waals surface area contributed by atoms with Crippen LogP contribution in [0.5, 0.6) is 0 Å². The lowest BCUT2D eigenvalue weighted by molar-refractivity contribution is -0.123. The molecule has 0 aliphatic rings. The first-order chi connectivity index (χ1) is 16.0. The SMILES string of the molecule is CC.CC(COCC(C)(C)CNC=O)CC(=O)C(C)C.CCC(C)(N)OCCC(C)(C)OC(C)C. The molecule has 0 spiro atoms. The van der Waals surface area contributed by atoms with Gasteiger partial charge in [0, 0.05) is 30.9 Å². The number of hydrogen-bond donors (Lipinski definition) is 2. The highest BCUT2D eigenvalue weighted by Gasteiger charge is 2.23. The molecule has 0 saturated heterocycles. The summed E-state index contributed by atoms with van der Waals surface area (Å²) in [7, 11) is 0. The number of ketones is 1. The van der Waals surface area contributed by atoms with Gasteiger partial charge in [0.1, 0.15) is 11.5 Å². The van der Waals surface area contributed by atoms with E-state index in [1.54, 1.807) is 0 Å². The Morgan fingerprint density at radius 1 is 1.03 bits per heavy atom. The number of nitrogens with one attached hydrogen (secondary N) is 1. The quantitative estimate of drug-likeness (QED) is 0.194. The fourth-order valence-electron chi connectivity index (χ4n) is 2.87. The van der Waals surface area contributed by atoms with Crippen molar-refractivity contribution in [2.75, 3.05) is 26.4 Å². The van der Waals surface area contributed by atoms with Crippen LogP contribution in [-0.2, 0) is 23.8 Å². The summed E-state index contributed by atoms with van der Waals surface area (Å²) in [6.45, 7) is 28.5. The zero-order valence-electron chi connectivity index (χ0n) is 25.4. The predicted octanol–water partition coefficient (Wildman–Crippen LogP) is 5.73. The van der Waals surface area contributed by atoms with Crippen molar-refractivity contribution < 1.29 is 23.8 Å². The molecule has 0 saturated carbocycles. The van der Waals surface area contributed by atoms with Gasteiger partial charge in [-0.05, 0) is 53.4 Å². The predicted molar refractivity (Wildman–Crippen MR) is 147 cm³/mol. The summed E-state index contributed by atoms with van der Waals surface area (Å²) < 4.78 is 17.0. The second-order valence-electron chi connectivity index (χ2n) is 11.3. The Balaban J connectivity index is -0.000000554. The van der Waals surface area contributed by atoms with E-state index in [2.05, 4.69) is 19.2 Å². The van der Waals surface area contributed by atoms with Crippen LogP contribution in [0.25, 0.3) is 0 Å². The van der Waals surface area contributed by atoms with Crippen LogP contribution in [0.1, 0.15) is 109 Å². The summed E-state index contributed by atoms with van der Waals surface area (Å²) in [5, 5.41) is 2.66. The van der Waals surface area contributed by atoms with Gasteiger partial charge in [0.15, 0.2) is 0 Å². The minimum absolute atomic E-state index is 0.0807. The van der Waals surface area contributed by atoms with Gasteiger partial charge in [0.05, 0.1) is 24.9 Å². The molecule has 0 rings (SSSR count). The molecule has 212 valence electrons. The molecular weight excluding hydrogens is 444 g/mol. The first-order valence-corrected chi connectivity index (χ1v) is 13.3. The number of Topliss-reactive ketones (excluding diaryl/α,β-unsaturated/α-hetero) is 1. The molecule has 35 heavy (non-hydrogen) atoms. The lowest BCUT2D eigenvalue weighted by atomic mass is 9.94. The van der Waals surface area contributed by atoms with Gasteiger partial charge in [-0.25, -0.2) is 0 Å². The van der Waals surface area contributed by atoms with Gasteiger partial charge < -0.3 is 25.3 Å². The minimum Gasteiger partial charge on any atom is -0.381 e. The Morgan fingerprint density at radius 2 is 1.57 bits per heavy atom. The molecule has 7 nitrogen and oxygen atoms in total. The Kier molecular flexibility index (Phi) is 22.1. The molecular formula is C28H60N2O5. The first-order valence-electron chi connectivity index (χ1n) is 13.3. The molecule has 0 aliphatic heterocycles. The summed E-state index contributed by atoms with van der Waals surface area (Å²) in [6.07, 6.45) is 3.20. The molecule has 0 fully saturated rings. The maximum atomic E-state index is 11.6. The smallest absolute Gasteiger partial charge is 0.207 e. The van der Waals surface area contributed by atoms with Crippen molar-refractivity contribution in [3.63, 3.8) is 0 Å². The second kappa shape index (κ2) is 20.1. The van der Waals surface area contributed by atoms with Crippen LogP contribution < -0.4 is 11.1 Å². The van der Waals surface area contributed by atoms with Crippen molar-refractivity contribution in [3.05, 3.63) is 0 Å². The number of ether oxygens (including phenoxy) is 3. The van der Waals surface area contributed by atoms with Crippen LogP contribution >= 0.6 is 0 Å². The Bertz CT molecular complexity index is 531. The summed E-state index contributed by atoms with van der Waals surface area (Å²) in [4.78, 5) is 21.8. The largest absolute Gasteiger partial charge is 0.381 e. The summed E-state index contributed by atoms with van der Waals surface area (Å²) in [5.74, 6) is 0.628. The molecule has 7 heteroatoms. The lowest BCUT2D eigenvalue weighted by Crippen LogP contribution is -2.40. The van der Waals surface area contributed by atoms with E-state index in [4.69, 9.17) is 19.9 Å². The van der Waals surface area contributed by atoms with Crippen molar-refractivity contribution in [2.24, 2.45) is 23.0 Å². The molecule has 0 aromatic heterocycles. The molecule has 2 unspecified atom stereocenters. The van der Waals surface area contributed by atoms with E-state index in [0.717, 1.165) is 12.8 Å². The van der Waals surface area contributed by atoms with Crippen LogP contribution in [-0.4, -0.2) is 56.0 Å². The fraction of sp³-hybridized carbons (Fsp3) is 0.929. The third-order valence-electron chi connectivity index (χ3n) is 5.15. The van der Waals surface area contributed by atoms with Crippen LogP contribution in [0.4, 0.5) is 0 Å². The van der Waals surface area contributed by atoms with Crippen molar-refractivity contribution in [1.29, 1.82) is 0 Å². The van der Waals surface area contributed by atoms with Gasteiger partial charge in [-0.1, -0.05) is 55.4 Å². The van der Waals surface area contributed by atoms with Gasteiger partial charge in [0.2, 0.25) is 6.41 Å². The van der Waals surface area contributed by atoms with Gasteiger partial charge >= 0.3 is 0 Å². The number of amides is 1. The van der Waals surface area contributed by atoms with E-state index < -0.39 is 5.72 Å². The van der Waals surface area contributed by atoms with Crippen molar-refractivity contribution >= 4 is 12.2 Å². The average molecular weight is 505 g/mol. The number of carbonyl (C=O) groups is 2. The molecule has 0 aromatic rings. The monoisotopic (exact) mass is 504 g/mol. The van der Waals surface area contributed by atoms with E-state index in [9.17, 15) is 9.59 Å². The normalized spacial score (nSPS) is 14.3. The molecule has 2 atom stereocenters. The second-order valence-corrected chi connectivity index (χ2v) is 11.3. The Hall–Kier alpha value is -1.02. The molecule has 0 radical (unpaired) electrons. The van der Waals surface area contributed by atoms with E-state index >= 15 is 0 Å². The Morgan fingerprint density at radius 3 is 2.00 bits per heavy atom. The topological polar surface area (TPSA) is 99.9 Å². The summed E-state index contributed by atoms with van der Waals surface area (Å²) in [5.41, 5.74) is 5.16. The zero-order chi connectivity index (χ0) is 28.3. The van der Waals surface area contributed by atoms with E-state index in [0.29, 0.717) is 39.2 Å². The molecule has 0 heterocycles. The van der Waals surface area contributed by atoms with Crippen molar-refractivity contribution in [2.45, 2.75) is 127 Å².